The molecule has 0 bridgehead atoms. The molecule has 0 radical (unpaired) electrons. The second-order valence-corrected chi connectivity index (χ2v) is 8.03. The highest BCUT2D eigenvalue weighted by Gasteiger charge is 2.24. The summed E-state index contributed by atoms with van der Waals surface area (Å²) in [7, 11) is 6.14. The van der Waals surface area contributed by atoms with Crippen molar-refractivity contribution in [1.82, 2.24) is 24.6 Å². The Kier molecular flexibility index (Phi) is 5.04. The number of carbonyl (C=O) groups excluding carboxylic acids is 1. The van der Waals surface area contributed by atoms with Gasteiger partial charge in [0.25, 0.3) is 5.91 Å². The molecular formula is C23H29N5O. The molecule has 3 aromatic rings. The van der Waals surface area contributed by atoms with E-state index in [1.807, 2.05) is 50.8 Å². The summed E-state index contributed by atoms with van der Waals surface area (Å²) in [5, 5.41) is 7.80. The quantitative estimate of drug-likeness (QED) is 0.744. The highest BCUT2D eigenvalue weighted by atomic mass is 16.1. The highest BCUT2D eigenvalue weighted by molar-refractivity contribution is 5.99. The number of aryl methyl sites for hydroxylation is 1. The zero-order chi connectivity index (χ0) is 20.7. The van der Waals surface area contributed by atoms with E-state index in [1.54, 1.807) is 0 Å². The summed E-state index contributed by atoms with van der Waals surface area (Å²) in [6.07, 6.45) is 1.00. The molecule has 1 amide bonds. The average molecular weight is 392 g/mol. The average Bonchev–Trinajstić information content (AvgIpc) is 3.13. The van der Waals surface area contributed by atoms with E-state index >= 15 is 0 Å². The van der Waals surface area contributed by atoms with Crippen molar-refractivity contribution >= 4 is 5.91 Å². The number of fused-ring (bicyclic) bond motifs is 1. The second-order valence-electron chi connectivity index (χ2n) is 8.03. The topological polar surface area (TPSA) is 55.1 Å². The first kappa shape index (κ1) is 19.5. The molecule has 6 heteroatoms. The Morgan fingerprint density at radius 1 is 1.14 bits per heavy atom. The molecule has 29 heavy (non-hydrogen) atoms. The lowest BCUT2D eigenvalue weighted by molar-refractivity contribution is 0.0949. The third-order valence-corrected chi connectivity index (χ3v) is 6.14. The number of amides is 1. The van der Waals surface area contributed by atoms with E-state index in [4.69, 9.17) is 0 Å². The van der Waals surface area contributed by atoms with Gasteiger partial charge in [-0.3, -0.25) is 9.48 Å². The molecule has 0 fully saturated rings. The van der Waals surface area contributed by atoms with Gasteiger partial charge in [0.15, 0.2) is 0 Å². The minimum absolute atomic E-state index is 0.0404. The smallest absolute Gasteiger partial charge is 0.253 e. The summed E-state index contributed by atoms with van der Waals surface area (Å²) in [6.45, 7) is 6.41. The maximum atomic E-state index is 13.1. The predicted octanol–water partition coefficient (Wildman–Crippen LogP) is 2.96. The molecular weight excluding hydrogens is 362 g/mol. The van der Waals surface area contributed by atoms with Gasteiger partial charge in [-0.15, -0.1) is 0 Å². The molecule has 1 N–H and O–H groups in total. The van der Waals surface area contributed by atoms with E-state index in [1.165, 1.54) is 11.3 Å². The molecule has 152 valence electrons. The summed E-state index contributed by atoms with van der Waals surface area (Å²) < 4.78 is 4.08. The predicted molar refractivity (Wildman–Crippen MR) is 115 cm³/mol. The van der Waals surface area contributed by atoms with E-state index in [2.05, 4.69) is 39.1 Å². The summed E-state index contributed by atoms with van der Waals surface area (Å²) in [6, 6.07) is 10.2. The van der Waals surface area contributed by atoms with Crippen LogP contribution in [0.4, 0.5) is 0 Å². The van der Waals surface area contributed by atoms with Gasteiger partial charge in [-0.1, -0.05) is 30.3 Å². The molecule has 2 aromatic heterocycles. The van der Waals surface area contributed by atoms with E-state index in [0.717, 1.165) is 53.3 Å². The van der Waals surface area contributed by atoms with Crippen molar-refractivity contribution in [1.29, 1.82) is 0 Å². The fourth-order valence-electron chi connectivity index (χ4n) is 4.52. The van der Waals surface area contributed by atoms with Crippen LogP contribution in [0.2, 0.25) is 0 Å². The van der Waals surface area contributed by atoms with Crippen molar-refractivity contribution in [2.45, 2.75) is 33.4 Å². The lowest BCUT2D eigenvalue weighted by Crippen LogP contribution is -2.29. The standard InChI is InChI=1S/C23H29N5O/c1-15-21(16(2)27(4)22(15)17-9-7-6-8-10-17)23(29)24-13-19-18-14-26(3)12-11-20(18)28(5)25-19/h6-10H,11-14H2,1-5H3,(H,24,29). The second kappa shape index (κ2) is 7.52. The van der Waals surface area contributed by atoms with E-state index in [0.29, 0.717) is 6.54 Å². The molecule has 6 nitrogen and oxygen atoms in total. The zero-order valence-electron chi connectivity index (χ0n) is 17.9. The molecule has 0 atom stereocenters. The van der Waals surface area contributed by atoms with Gasteiger partial charge in [-0.05, 0) is 32.0 Å². The van der Waals surface area contributed by atoms with Gasteiger partial charge in [-0.2, -0.15) is 5.10 Å². The molecule has 1 aliphatic heterocycles. The molecule has 0 unspecified atom stereocenters. The molecule has 1 aromatic carbocycles. The Bertz CT molecular complexity index is 1060. The zero-order valence-corrected chi connectivity index (χ0v) is 17.9. The number of nitrogens with one attached hydrogen (secondary N) is 1. The van der Waals surface area contributed by atoms with Crippen LogP contribution in [0.15, 0.2) is 30.3 Å². The van der Waals surface area contributed by atoms with E-state index in [9.17, 15) is 4.79 Å². The Morgan fingerprint density at radius 2 is 1.86 bits per heavy atom. The summed E-state index contributed by atoms with van der Waals surface area (Å²) in [4.78, 5) is 15.4. The number of hydrogen-bond donors (Lipinski definition) is 1. The molecule has 3 heterocycles. The number of aromatic nitrogens is 3. The largest absolute Gasteiger partial charge is 0.347 e. The number of benzene rings is 1. The third kappa shape index (κ3) is 3.38. The first-order chi connectivity index (χ1) is 13.9. The maximum absolute atomic E-state index is 13.1. The van der Waals surface area contributed by atoms with E-state index < -0.39 is 0 Å². The van der Waals surface area contributed by atoms with Crippen molar-refractivity contribution in [2.75, 3.05) is 13.6 Å². The van der Waals surface area contributed by atoms with Crippen LogP contribution < -0.4 is 5.32 Å². The van der Waals surface area contributed by atoms with Crippen molar-refractivity contribution < 1.29 is 4.79 Å². The monoisotopic (exact) mass is 391 g/mol. The fourth-order valence-corrected chi connectivity index (χ4v) is 4.52. The van der Waals surface area contributed by atoms with Gasteiger partial charge in [0.05, 0.1) is 23.5 Å². The van der Waals surface area contributed by atoms with Crippen molar-refractivity contribution in [3.05, 3.63) is 64.1 Å². The van der Waals surface area contributed by atoms with Crippen LogP contribution in [0, 0.1) is 13.8 Å². The van der Waals surface area contributed by atoms with E-state index in [-0.39, 0.29) is 5.91 Å². The SMILES string of the molecule is Cc1c(C(=O)NCc2nn(C)c3c2CN(C)CC3)c(C)n(C)c1-c1ccccc1. The van der Waals surface area contributed by atoms with Crippen LogP contribution in [0.1, 0.15) is 38.6 Å². The van der Waals surface area contributed by atoms with Crippen LogP contribution in [0.25, 0.3) is 11.3 Å². The Labute approximate surface area is 172 Å². The maximum Gasteiger partial charge on any atom is 0.253 e. The summed E-state index contributed by atoms with van der Waals surface area (Å²) in [5.74, 6) is -0.0404. The lowest BCUT2D eigenvalue weighted by atomic mass is 10.0. The van der Waals surface area contributed by atoms with Crippen LogP contribution in [0.3, 0.4) is 0 Å². The number of hydrogen-bond acceptors (Lipinski definition) is 3. The normalized spacial score (nSPS) is 14.1. The number of nitrogens with zero attached hydrogens (tertiary/aromatic N) is 4. The Morgan fingerprint density at radius 3 is 2.59 bits per heavy atom. The molecule has 0 spiro atoms. The van der Waals surface area contributed by atoms with Gasteiger partial charge in [0.2, 0.25) is 0 Å². The van der Waals surface area contributed by atoms with Crippen LogP contribution in [-0.4, -0.2) is 38.7 Å². The van der Waals surface area contributed by atoms with Gasteiger partial charge < -0.3 is 14.8 Å². The van der Waals surface area contributed by atoms with Gasteiger partial charge in [-0.25, -0.2) is 0 Å². The fraction of sp³-hybridized carbons (Fsp3) is 0.391. The lowest BCUT2D eigenvalue weighted by Gasteiger charge is -2.23. The number of rotatable bonds is 4. The Hall–Kier alpha value is -2.86. The van der Waals surface area contributed by atoms with Crippen LogP contribution in [-0.2, 0) is 33.6 Å². The van der Waals surface area contributed by atoms with Gasteiger partial charge in [0, 0.05) is 50.6 Å². The van der Waals surface area contributed by atoms with Gasteiger partial charge >= 0.3 is 0 Å². The molecule has 0 saturated heterocycles. The molecule has 4 rings (SSSR count). The van der Waals surface area contributed by atoms with Crippen molar-refractivity contribution in [3.8, 4) is 11.3 Å². The molecule has 1 aliphatic rings. The number of likely N-dealkylation sites (N-methyl/N-ethyl adjacent to an activating group) is 1. The minimum Gasteiger partial charge on any atom is -0.347 e. The summed E-state index contributed by atoms with van der Waals surface area (Å²) >= 11 is 0. The minimum atomic E-state index is -0.0404. The first-order valence-electron chi connectivity index (χ1n) is 10.1. The third-order valence-electron chi connectivity index (χ3n) is 6.14. The highest BCUT2D eigenvalue weighted by Crippen LogP contribution is 2.30. The van der Waals surface area contributed by atoms with Crippen LogP contribution >= 0.6 is 0 Å². The molecule has 0 saturated carbocycles. The molecule has 0 aliphatic carbocycles. The summed E-state index contributed by atoms with van der Waals surface area (Å²) in [5.41, 5.74) is 8.46. The first-order valence-corrected chi connectivity index (χ1v) is 10.1. The van der Waals surface area contributed by atoms with Crippen molar-refractivity contribution in [3.63, 3.8) is 0 Å². The van der Waals surface area contributed by atoms with Gasteiger partial charge in [0.1, 0.15) is 0 Å². The number of carbonyl (C=O) groups is 1. The Balaban J connectivity index is 1.59. The van der Waals surface area contributed by atoms with Crippen LogP contribution in [0.5, 0.6) is 0 Å². The van der Waals surface area contributed by atoms with Crippen molar-refractivity contribution in [2.24, 2.45) is 14.1 Å².